The Bertz CT molecular complexity index is 582. The summed E-state index contributed by atoms with van der Waals surface area (Å²) in [6, 6.07) is -1.16. The summed E-state index contributed by atoms with van der Waals surface area (Å²) in [5.74, 6) is -1.34. The van der Waals surface area contributed by atoms with Gasteiger partial charge in [0.05, 0.1) is 17.8 Å². The van der Waals surface area contributed by atoms with Crippen molar-refractivity contribution in [3.05, 3.63) is 0 Å². The van der Waals surface area contributed by atoms with E-state index in [9.17, 15) is 33.3 Å². The van der Waals surface area contributed by atoms with Crippen molar-refractivity contribution in [2.24, 2.45) is 11.8 Å². The Morgan fingerprint density at radius 2 is 1.90 bits per heavy atom. The standard InChI is InChI=1S/C20H35F3N2O5S/c1-4-5-11-6-7-24-12(8-11)18(29)25-13(10(2)3)17-15(27)14(26)16(28)19(30-17)31-9-20(21,22)23/h10-17,19,24,26-28H,4-9H2,1-3H3,(H,25,29)/t11-,12+,13-,14+,15-,16-,17-,19-/m1/s1. The van der Waals surface area contributed by atoms with Crippen LogP contribution in [0.15, 0.2) is 0 Å². The molecule has 8 atom stereocenters. The van der Waals surface area contributed by atoms with Gasteiger partial charge >= 0.3 is 6.18 Å². The lowest BCUT2D eigenvalue weighted by molar-refractivity contribution is -0.208. The zero-order valence-corrected chi connectivity index (χ0v) is 19.0. The van der Waals surface area contributed by atoms with Crippen LogP contribution < -0.4 is 10.6 Å². The Hall–Kier alpha value is -0.590. The number of carbonyl (C=O) groups is 1. The number of aliphatic hydroxyl groups excluding tert-OH is 3. The first-order valence-electron chi connectivity index (χ1n) is 10.9. The molecule has 5 N–H and O–H groups in total. The summed E-state index contributed by atoms with van der Waals surface area (Å²) in [6.45, 7) is 6.38. The van der Waals surface area contributed by atoms with Crippen LogP contribution >= 0.6 is 11.8 Å². The Kier molecular flexibility index (Phi) is 9.90. The second-order valence-electron chi connectivity index (χ2n) is 8.83. The highest BCUT2D eigenvalue weighted by molar-refractivity contribution is 7.99. The number of amides is 1. The number of nitrogens with one attached hydrogen (secondary N) is 2. The van der Waals surface area contributed by atoms with Crippen LogP contribution in [0, 0.1) is 11.8 Å². The molecular weight excluding hydrogens is 437 g/mol. The lowest BCUT2D eigenvalue weighted by Crippen LogP contribution is -2.65. The van der Waals surface area contributed by atoms with Gasteiger partial charge in [-0.15, -0.1) is 11.8 Å². The highest BCUT2D eigenvalue weighted by Crippen LogP contribution is 2.34. The van der Waals surface area contributed by atoms with Gasteiger partial charge in [0.25, 0.3) is 0 Å². The summed E-state index contributed by atoms with van der Waals surface area (Å²) in [4.78, 5) is 12.9. The summed E-state index contributed by atoms with van der Waals surface area (Å²) in [5.41, 5.74) is -1.38. The van der Waals surface area contributed by atoms with Crippen molar-refractivity contribution < 1.29 is 38.0 Å². The summed E-state index contributed by atoms with van der Waals surface area (Å²) in [7, 11) is 0. The average Bonchev–Trinajstić information content (AvgIpc) is 2.69. The van der Waals surface area contributed by atoms with Gasteiger partial charge in [-0.3, -0.25) is 4.79 Å². The monoisotopic (exact) mass is 472 g/mol. The van der Waals surface area contributed by atoms with Gasteiger partial charge in [0, 0.05) is 0 Å². The third-order valence-corrected chi connectivity index (χ3v) is 7.14. The van der Waals surface area contributed by atoms with Gasteiger partial charge in [-0.1, -0.05) is 33.6 Å². The lowest BCUT2D eigenvalue weighted by Gasteiger charge is -2.45. The number of aliphatic hydroxyl groups is 3. The molecule has 31 heavy (non-hydrogen) atoms. The maximum absolute atomic E-state index is 12.9. The molecule has 2 heterocycles. The lowest BCUT2D eigenvalue weighted by atomic mass is 9.86. The van der Waals surface area contributed by atoms with Crippen molar-refractivity contribution in [1.29, 1.82) is 0 Å². The first-order valence-corrected chi connectivity index (χ1v) is 11.9. The van der Waals surface area contributed by atoms with Gasteiger partial charge in [-0.2, -0.15) is 13.2 Å². The molecule has 0 aromatic carbocycles. The Labute approximate surface area is 185 Å². The second-order valence-corrected chi connectivity index (χ2v) is 9.92. The van der Waals surface area contributed by atoms with E-state index in [-0.39, 0.29) is 11.8 Å². The second kappa shape index (κ2) is 11.5. The highest BCUT2D eigenvalue weighted by atomic mass is 32.2. The van der Waals surface area contributed by atoms with Gasteiger partial charge in [-0.25, -0.2) is 0 Å². The number of hydrogen-bond acceptors (Lipinski definition) is 7. The number of carbonyl (C=O) groups excluding carboxylic acids is 1. The molecule has 182 valence electrons. The zero-order chi connectivity index (χ0) is 23.3. The number of rotatable bonds is 8. The fourth-order valence-electron chi connectivity index (χ4n) is 4.24. The number of ether oxygens (including phenoxy) is 1. The molecule has 2 aliphatic heterocycles. The van der Waals surface area contributed by atoms with Crippen LogP contribution in [-0.4, -0.2) is 81.6 Å². The third-order valence-electron chi connectivity index (χ3n) is 5.92. The minimum Gasteiger partial charge on any atom is -0.388 e. The normalized spacial score (nSPS) is 35.7. The Balaban J connectivity index is 2.09. The predicted octanol–water partition coefficient (Wildman–Crippen LogP) is 1.40. The summed E-state index contributed by atoms with van der Waals surface area (Å²) < 4.78 is 43.5. The van der Waals surface area contributed by atoms with Crippen molar-refractivity contribution in [3.63, 3.8) is 0 Å². The van der Waals surface area contributed by atoms with E-state index in [1.165, 1.54) is 0 Å². The molecule has 0 saturated carbocycles. The largest absolute Gasteiger partial charge is 0.397 e. The summed E-state index contributed by atoms with van der Waals surface area (Å²) >= 11 is 0.310. The third kappa shape index (κ3) is 7.46. The van der Waals surface area contributed by atoms with Gasteiger partial charge in [-0.05, 0) is 31.2 Å². The maximum atomic E-state index is 12.9. The van der Waals surface area contributed by atoms with Crippen LogP contribution in [0.3, 0.4) is 0 Å². The van der Waals surface area contributed by atoms with Crippen molar-refractivity contribution in [2.75, 3.05) is 12.3 Å². The fourth-order valence-corrected chi connectivity index (χ4v) is 5.16. The molecule has 0 aromatic heterocycles. The fraction of sp³-hybridized carbons (Fsp3) is 0.950. The molecule has 2 saturated heterocycles. The smallest absolute Gasteiger partial charge is 0.388 e. The number of alkyl halides is 3. The van der Waals surface area contributed by atoms with E-state index >= 15 is 0 Å². The molecule has 2 aliphatic rings. The van der Waals surface area contributed by atoms with Crippen LogP contribution in [0.1, 0.15) is 46.5 Å². The van der Waals surface area contributed by atoms with Crippen LogP contribution in [0.25, 0.3) is 0 Å². The average molecular weight is 473 g/mol. The molecule has 7 nitrogen and oxygen atoms in total. The van der Waals surface area contributed by atoms with Crippen molar-refractivity contribution >= 4 is 17.7 Å². The number of halogens is 3. The van der Waals surface area contributed by atoms with E-state index in [0.717, 1.165) is 25.8 Å². The minimum absolute atomic E-state index is 0.241. The molecule has 0 aromatic rings. The molecule has 11 heteroatoms. The zero-order valence-electron chi connectivity index (χ0n) is 18.1. The molecule has 0 spiro atoms. The summed E-state index contributed by atoms with van der Waals surface area (Å²) in [6.07, 6.45) is -6.82. The molecule has 2 rings (SSSR count). The van der Waals surface area contributed by atoms with Crippen molar-refractivity contribution in [2.45, 2.75) is 94.6 Å². The molecule has 0 aliphatic carbocycles. The van der Waals surface area contributed by atoms with Crippen LogP contribution in [-0.2, 0) is 9.53 Å². The van der Waals surface area contributed by atoms with Gasteiger partial charge in [0.2, 0.25) is 5.91 Å². The molecule has 1 amide bonds. The molecule has 2 fully saturated rings. The minimum atomic E-state index is -4.47. The van der Waals surface area contributed by atoms with E-state index in [0.29, 0.717) is 24.1 Å². The van der Waals surface area contributed by atoms with Crippen molar-refractivity contribution in [3.8, 4) is 0 Å². The quantitative estimate of drug-likeness (QED) is 0.363. The topological polar surface area (TPSA) is 111 Å². The number of thioether (sulfide) groups is 1. The first kappa shape index (κ1) is 26.7. The predicted molar refractivity (Wildman–Crippen MR) is 111 cm³/mol. The Morgan fingerprint density at radius 1 is 1.23 bits per heavy atom. The van der Waals surface area contributed by atoms with E-state index in [4.69, 9.17) is 4.74 Å². The maximum Gasteiger partial charge on any atom is 0.397 e. The first-order chi connectivity index (χ1) is 14.4. The molecule has 0 radical (unpaired) electrons. The van der Waals surface area contributed by atoms with Crippen LogP contribution in [0.5, 0.6) is 0 Å². The van der Waals surface area contributed by atoms with E-state index < -0.39 is 53.9 Å². The molecule has 0 unspecified atom stereocenters. The van der Waals surface area contributed by atoms with Gasteiger partial charge in [0.1, 0.15) is 29.9 Å². The van der Waals surface area contributed by atoms with Crippen LogP contribution in [0.2, 0.25) is 0 Å². The van der Waals surface area contributed by atoms with E-state index in [1.807, 2.05) is 0 Å². The highest BCUT2D eigenvalue weighted by Gasteiger charge is 2.49. The van der Waals surface area contributed by atoms with Crippen molar-refractivity contribution in [1.82, 2.24) is 10.6 Å². The molecule has 0 bridgehead atoms. The van der Waals surface area contributed by atoms with E-state index in [1.54, 1.807) is 13.8 Å². The summed E-state index contributed by atoms with van der Waals surface area (Å²) in [5, 5.41) is 36.8. The van der Waals surface area contributed by atoms with Gasteiger partial charge in [0.15, 0.2) is 0 Å². The van der Waals surface area contributed by atoms with Gasteiger partial charge < -0.3 is 30.7 Å². The molecular formula is C20H35F3N2O5S. The number of hydrogen-bond donors (Lipinski definition) is 5. The van der Waals surface area contributed by atoms with E-state index in [2.05, 4.69) is 17.6 Å². The number of piperidine rings is 1. The Morgan fingerprint density at radius 3 is 2.48 bits per heavy atom. The van der Waals surface area contributed by atoms with Crippen LogP contribution in [0.4, 0.5) is 13.2 Å². The SMILES string of the molecule is CCC[C@@H]1CCN[C@H](C(=O)N[C@H](C(C)C)[C@H]2O[C@H](SCC(F)(F)F)[C@H](O)[C@@H](O)[C@H]2O)C1.